The zero-order chi connectivity index (χ0) is 15.0. The van der Waals surface area contributed by atoms with Crippen molar-refractivity contribution < 1.29 is 23.8 Å². The molecule has 110 valence electrons. The molecule has 5 nitrogen and oxygen atoms in total. The smallest absolute Gasteiger partial charge is 0.323 e. The number of benzene rings is 1. The molecule has 0 aliphatic heterocycles. The van der Waals surface area contributed by atoms with Crippen LogP contribution in [0.2, 0.25) is 0 Å². The lowest BCUT2D eigenvalue weighted by molar-refractivity contribution is -0.145. The van der Waals surface area contributed by atoms with E-state index in [0.29, 0.717) is 18.6 Å². The number of nitrogens with zero attached hydrogens (tertiary/aromatic N) is 1. The summed E-state index contributed by atoms with van der Waals surface area (Å²) in [6, 6.07) is 5.63. The Morgan fingerprint density at radius 1 is 1.30 bits per heavy atom. The van der Waals surface area contributed by atoms with E-state index in [1.807, 2.05) is 0 Å². The zero-order valence-electron chi connectivity index (χ0n) is 11.3. The van der Waals surface area contributed by atoms with Gasteiger partial charge in [-0.3, -0.25) is 9.59 Å². The maximum Gasteiger partial charge on any atom is 0.323 e. The molecule has 0 heterocycles. The van der Waals surface area contributed by atoms with E-state index < -0.39 is 5.97 Å². The van der Waals surface area contributed by atoms with Gasteiger partial charge >= 0.3 is 5.97 Å². The van der Waals surface area contributed by atoms with Crippen LogP contribution in [0.1, 0.15) is 18.4 Å². The van der Waals surface area contributed by atoms with Crippen molar-refractivity contribution in [3.8, 4) is 0 Å². The molecule has 1 rings (SSSR count). The first-order chi connectivity index (χ1) is 9.52. The number of rotatable bonds is 8. The quantitative estimate of drug-likeness (QED) is 0.737. The molecule has 0 spiro atoms. The summed E-state index contributed by atoms with van der Waals surface area (Å²) >= 11 is 0. The first kappa shape index (κ1) is 16.1. The highest BCUT2D eigenvalue weighted by molar-refractivity contribution is 5.81. The van der Waals surface area contributed by atoms with Crippen molar-refractivity contribution >= 4 is 11.9 Å². The molecule has 0 saturated carbocycles. The van der Waals surface area contributed by atoms with Gasteiger partial charge in [0.15, 0.2) is 0 Å². The molecule has 1 aromatic rings. The normalized spacial score (nSPS) is 10.3. The van der Waals surface area contributed by atoms with Crippen molar-refractivity contribution in [2.75, 3.05) is 20.3 Å². The number of carbonyl (C=O) groups is 2. The molecule has 20 heavy (non-hydrogen) atoms. The van der Waals surface area contributed by atoms with Crippen LogP contribution in [0, 0.1) is 5.82 Å². The van der Waals surface area contributed by atoms with Gasteiger partial charge in [0.05, 0.1) is 0 Å². The van der Waals surface area contributed by atoms with Gasteiger partial charge in [0, 0.05) is 26.7 Å². The van der Waals surface area contributed by atoms with Crippen LogP contribution < -0.4 is 0 Å². The van der Waals surface area contributed by atoms with Crippen LogP contribution in [-0.4, -0.2) is 42.1 Å². The third-order valence-corrected chi connectivity index (χ3v) is 2.70. The second-order valence-electron chi connectivity index (χ2n) is 4.37. The third kappa shape index (κ3) is 5.79. The molecule has 1 aromatic carbocycles. The number of hydrogen-bond donors (Lipinski definition) is 1. The van der Waals surface area contributed by atoms with Gasteiger partial charge in [-0.1, -0.05) is 12.1 Å². The molecule has 0 unspecified atom stereocenters. The summed E-state index contributed by atoms with van der Waals surface area (Å²) in [4.78, 5) is 24.0. The number of hydrogen-bond acceptors (Lipinski definition) is 3. The van der Waals surface area contributed by atoms with Gasteiger partial charge in [-0.05, 0) is 24.1 Å². The lowest BCUT2D eigenvalue weighted by Gasteiger charge is -2.21. The average molecular weight is 283 g/mol. The second kappa shape index (κ2) is 8.27. The van der Waals surface area contributed by atoms with E-state index in [4.69, 9.17) is 9.84 Å². The molecule has 0 aromatic heterocycles. The van der Waals surface area contributed by atoms with Crippen molar-refractivity contribution in [2.24, 2.45) is 0 Å². The van der Waals surface area contributed by atoms with Crippen LogP contribution in [-0.2, 0) is 20.9 Å². The SMILES string of the molecule is COCCCC(=O)N(CC(=O)O)Cc1ccc(F)cc1. The molecule has 0 saturated heterocycles. The molecule has 1 N–H and O–H groups in total. The van der Waals surface area contributed by atoms with E-state index in [9.17, 15) is 14.0 Å². The average Bonchev–Trinajstić information content (AvgIpc) is 2.40. The predicted molar refractivity (Wildman–Crippen MR) is 70.6 cm³/mol. The Bertz CT molecular complexity index is 447. The predicted octanol–water partition coefficient (Wildman–Crippen LogP) is 1.67. The summed E-state index contributed by atoms with van der Waals surface area (Å²) in [5.74, 6) is -1.70. The lowest BCUT2D eigenvalue weighted by atomic mass is 10.2. The van der Waals surface area contributed by atoms with E-state index in [1.54, 1.807) is 0 Å². The first-order valence-electron chi connectivity index (χ1n) is 6.26. The molecule has 0 fully saturated rings. The van der Waals surface area contributed by atoms with Gasteiger partial charge in [-0.25, -0.2) is 4.39 Å². The fraction of sp³-hybridized carbons (Fsp3) is 0.429. The minimum absolute atomic E-state index is 0.151. The summed E-state index contributed by atoms with van der Waals surface area (Å²) in [6.45, 7) is 0.227. The molecule has 0 aliphatic rings. The van der Waals surface area contributed by atoms with Crippen molar-refractivity contribution in [1.29, 1.82) is 0 Å². The summed E-state index contributed by atoms with van der Waals surface area (Å²) < 4.78 is 17.7. The number of amides is 1. The molecular formula is C14H18FNO4. The van der Waals surface area contributed by atoms with E-state index in [0.717, 1.165) is 0 Å². The Morgan fingerprint density at radius 2 is 1.95 bits per heavy atom. The van der Waals surface area contributed by atoms with Gasteiger partial charge in [0.1, 0.15) is 12.4 Å². The van der Waals surface area contributed by atoms with Crippen LogP contribution in [0.15, 0.2) is 24.3 Å². The number of carboxylic acid groups (broad SMARTS) is 1. The largest absolute Gasteiger partial charge is 0.480 e. The Hall–Kier alpha value is -1.95. The van der Waals surface area contributed by atoms with Gasteiger partial charge < -0.3 is 14.7 Å². The van der Waals surface area contributed by atoms with E-state index in [1.165, 1.54) is 36.3 Å². The Balaban J connectivity index is 2.65. The van der Waals surface area contributed by atoms with Crippen LogP contribution in [0.4, 0.5) is 4.39 Å². The molecule has 0 radical (unpaired) electrons. The maximum atomic E-state index is 12.8. The van der Waals surface area contributed by atoms with E-state index >= 15 is 0 Å². The van der Waals surface area contributed by atoms with Crippen molar-refractivity contribution in [3.05, 3.63) is 35.6 Å². The fourth-order valence-electron chi connectivity index (χ4n) is 1.73. The summed E-state index contributed by atoms with van der Waals surface area (Å²) in [7, 11) is 1.54. The van der Waals surface area contributed by atoms with Crippen molar-refractivity contribution in [2.45, 2.75) is 19.4 Å². The monoisotopic (exact) mass is 283 g/mol. The Labute approximate surface area is 117 Å². The summed E-state index contributed by atoms with van der Waals surface area (Å²) in [5, 5.41) is 8.85. The van der Waals surface area contributed by atoms with Crippen LogP contribution in [0.25, 0.3) is 0 Å². The molecule has 0 bridgehead atoms. The minimum Gasteiger partial charge on any atom is -0.480 e. The topological polar surface area (TPSA) is 66.8 Å². The second-order valence-corrected chi connectivity index (χ2v) is 4.37. The highest BCUT2D eigenvalue weighted by Gasteiger charge is 2.16. The Morgan fingerprint density at radius 3 is 2.50 bits per heavy atom. The van der Waals surface area contributed by atoms with Crippen LogP contribution in [0.3, 0.4) is 0 Å². The molecule has 6 heteroatoms. The van der Waals surface area contributed by atoms with Crippen LogP contribution >= 0.6 is 0 Å². The maximum absolute atomic E-state index is 12.8. The van der Waals surface area contributed by atoms with E-state index in [-0.39, 0.29) is 31.2 Å². The number of ether oxygens (including phenoxy) is 1. The highest BCUT2D eigenvalue weighted by atomic mass is 19.1. The van der Waals surface area contributed by atoms with Crippen LogP contribution in [0.5, 0.6) is 0 Å². The van der Waals surface area contributed by atoms with E-state index in [2.05, 4.69) is 0 Å². The standard InChI is InChI=1S/C14H18FNO4/c1-20-8-2-3-13(17)16(10-14(18)19)9-11-4-6-12(15)7-5-11/h4-7H,2-3,8-10H2,1H3,(H,18,19). The lowest BCUT2D eigenvalue weighted by Crippen LogP contribution is -2.35. The van der Waals surface area contributed by atoms with Gasteiger partial charge in [0.2, 0.25) is 5.91 Å². The minimum atomic E-state index is -1.08. The number of carbonyl (C=O) groups excluding carboxylic acids is 1. The van der Waals surface area contributed by atoms with Gasteiger partial charge in [-0.15, -0.1) is 0 Å². The first-order valence-corrected chi connectivity index (χ1v) is 6.26. The molecule has 0 atom stereocenters. The molecule has 0 aliphatic carbocycles. The van der Waals surface area contributed by atoms with Gasteiger partial charge in [0.25, 0.3) is 0 Å². The fourth-order valence-corrected chi connectivity index (χ4v) is 1.73. The molecule has 1 amide bonds. The summed E-state index contributed by atoms with van der Waals surface area (Å²) in [6.07, 6.45) is 0.761. The number of carboxylic acids is 1. The van der Waals surface area contributed by atoms with Crippen molar-refractivity contribution in [1.82, 2.24) is 4.90 Å². The van der Waals surface area contributed by atoms with Crippen molar-refractivity contribution in [3.63, 3.8) is 0 Å². The molecular weight excluding hydrogens is 265 g/mol. The zero-order valence-corrected chi connectivity index (χ0v) is 11.3. The number of aliphatic carboxylic acids is 1. The highest BCUT2D eigenvalue weighted by Crippen LogP contribution is 2.09. The Kier molecular flexibility index (Phi) is 6.66. The number of halogens is 1. The summed E-state index contributed by atoms with van der Waals surface area (Å²) in [5.41, 5.74) is 0.688. The number of methoxy groups -OCH3 is 1. The third-order valence-electron chi connectivity index (χ3n) is 2.70. The van der Waals surface area contributed by atoms with Gasteiger partial charge in [-0.2, -0.15) is 0 Å².